The Labute approximate surface area is 106 Å². The molecule has 2 aromatic rings. The number of hydrogen-bond donors (Lipinski definition) is 0. The Morgan fingerprint density at radius 3 is 1.67 bits per heavy atom. The predicted octanol–water partition coefficient (Wildman–Crippen LogP) is 2.77. The molecule has 0 heterocycles. The molecule has 4 rings (SSSR count). The summed E-state index contributed by atoms with van der Waals surface area (Å²) >= 11 is 0. The third-order valence-corrected chi connectivity index (χ3v) is 3.92. The normalized spacial score (nSPS) is 24.0. The van der Waals surface area contributed by atoms with Crippen molar-refractivity contribution in [1.82, 2.24) is 0 Å². The van der Waals surface area contributed by atoms with Gasteiger partial charge in [-0.3, -0.25) is 0 Å². The van der Waals surface area contributed by atoms with E-state index in [2.05, 4.69) is 72.9 Å². The van der Waals surface area contributed by atoms with Gasteiger partial charge in [0.05, 0.1) is 0 Å². The lowest BCUT2D eigenvalue weighted by molar-refractivity contribution is 0.724. The molecule has 2 aliphatic rings. The molecule has 0 radical (unpaired) electrons. The fraction of sp³-hybridized carbons (Fsp3) is 0.111. The van der Waals surface area contributed by atoms with Crippen LogP contribution in [0.2, 0.25) is 0 Å². The summed E-state index contributed by atoms with van der Waals surface area (Å²) in [5.41, 5.74) is 0. The van der Waals surface area contributed by atoms with E-state index in [0.717, 1.165) is 0 Å². The Morgan fingerprint density at radius 1 is 0.667 bits per heavy atom. The van der Waals surface area contributed by atoms with Gasteiger partial charge in [0.15, 0.2) is 0 Å². The van der Waals surface area contributed by atoms with E-state index in [1.54, 1.807) is 0 Å². The number of allylic oxidation sites excluding steroid dienone is 4. The zero-order valence-corrected chi connectivity index (χ0v) is 10.1. The fourth-order valence-corrected chi connectivity index (χ4v) is 2.95. The van der Waals surface area contributed by atoms with E-state index in [-0.39, 0.29) is 0 Å². The maximum atomic E-state index is 2.40. The summed E-state index contributed by atoms with van der Waals surface area (Å²) in [5.74, 6) is 1.06. The molecule has 0 fully saturated rings. The topological polar surface area (TPSA) is 0 Å². The summed E-state index contributed by atoms with van der Waals surface area (Å²) in [5, 5.41) is 5.40. The molecule has 0 aromatic heterocycles. The van der Waals surface area contributed by atoms with Crippen LogP contribution in [0.15, 0.2) is 60.7 Å². The van der Waals surface area contributed by atoms with Crippen LogP contribution >= 0.6 is 0 Å². The molecule has 2 unspecified atom stereocenters. The van der Waals surface area contributed by atoms with Gasteiger partial charge in [-0.15, -0.1) is 0 Å². The summed E-state index contributed by atoms with van der Waals surface area (Å²) in [7, 11) is 0. The van der Waals surface area contributed by atoms with Crippen LogP contribution < -0.4 is 10.4 Å². The molecule has 0 heteroatoms. The molecule has 2 aromatic carbocycles. The predicted molar refractivity (Wildman–Crippen MR) is 77.4 cm³/mol. The second kappa shape index (κ2) is 3.71. The van der Waals surface area contributed by atoms with Crippen molar-refractivity contribution >= 4 is 22.9 Å². The quantitative estimate of drug-likeness (QED) is 0.653. The van der Waals surface area contributed by atoms with Crippen molar-refractivity contribution in [3.05, 3.63) is 71.1 Å². The third-order valence-electron chi connectivity index (χ3n) is 3.92. The largest absolute Gasteiger partial charge is 0.0767 e. The molecule has 0 saturated heterocycles. The second-order valence-corrected chi connectivity index (χ2v) is 5.09. The fourth-order valence-electron chi connectivity index (χ4n) is 2.95. The van der Waals surface area contributed by atoms with Crippen molar-refractivity contribution in [3.63, 3.8) is 0 Å². The molecule has 2 atom stereocenters. The monoisotopic (exact) mass is 230 g/mol. The first kappa shape index (κ1) is 9.90. The zero-order valence-electron chi connectivity index (χ0n) is 10.1. The first-order valence-corrected chi connectivity index (χ1v) is 6.48. The molecule has 0 amide bonds. The van der Waals surface area contributed by atoms with Gasteiger partial charge in [0, 0.05) is 11.8 Å². The third kappa shape index (κ3) is 1.46. The van der Waals surface area contributed by atoms with E-state index in [4.69, 9.17) is 0 Å². The molecule has 18 heavy (non-hydrogen) atoms. The smallest absolute Gasteiger partial charge is 0.00569 e. The highest BCUT2D eigenvalue weighted by Gasteiger charge is 2.16. The lowest BCUT2D eigenvalue weighted by atomic mass is 9.83. The molecule has 0 spiro atoms. The van der Waals surface area contributed by atoms with Gasteiger partial charge < -0.3 is 0 Å². The summed E-state index contributed by atoms with van der Waals surface area (Å²) in [4.78, 5) is 0. The molecule has 86 valence electrons. The Balaban J connectivity index is 2.05. The molecule has 0 aliphatic heterocycles. The van der Waals surface area contributed by atoms with E-state index < -0.39 is 0 Å². The van der Waals surface area contributed by atoms with Gasteiger partial charge >= 0.3 is 0 Å². The molecule has 0 nitrogen and oxygen atoms in total. The molecule has 0 bridgehead atoms. The van der Waals surface area contributed by atoms with Gasteiger partial charge in [0.25, 0.3) is 0 Å². The standard InChI is InChI=1S/C18H14/c1-2-6-14-10-18-12-16-8-4-3-7-15(16)11-17(18)9-13(14)5-1/h1-14H. The maximum Gasteiger partial charge on any atom is 0.00569 e. The van der Waals surface area contributed by atoms with Crippen LogP contribution in [0.4, 0.5) is 0 Å². The number of rotatable bonds is 0. The Morgan fingerprint density at radius 2 is 1.17 bits per heavy atom. The first-order valence-electron chi connectivity index (χ1n) is 6.48. The molecular formula is C18H14. The minimum Gasteiger partial charge on any atom is -0.0767 e. The lowest BCUT2D eigenvalue weighted by Crippen LogP contribution is -2.32. The maximum absolute atomic E-state index is 2.40. The van der Waals surface area contributed by atoms with Gasteiger partial charge in [-0.1, -0.05) is 60.7 Å². The van der Waals surface area contributed by atoms with Crippen LogP contribution in [0.3, 0.4) is 0 Å². The summed E-state index contributed by atoms with van der Waals surface area (Å²) in [6.07, 6.45) is 13.7. The molecule has 0 saturated carbocycles. The van der Waals surface area contributed by atoms with Crippen LogP contribution in [-0.2, 0) is 0 Å². The van der Waals surface area contributed by atoms with Crippen molar-refractivity contribution in [3.8, 4) is 0 Å². The first-order chi connectivity index (χ1) is 8.90. The van der Waals surface area contributed by atoms with Gasteiger partial charge in [-0.05, 0) is 33.3 Å². The molecule has 0 N–H and O–H groups in total. The number of benzene rings is 2. The average Bonchev–Trinajstić information content (AvgIpc) is 2.42. The summed E-state index contributed by atoms with van der Waals surface area (Å²) in [6, 6.07) is 13.2. The summed E-state index contributed by atoms with van der Waals surface area (Å²) < 4.78 is 0. The SMILES string of the molecule is C1=CC2C=c3cc4ccccc4cc3=CC2C=C1. The van der Waals surface area contributed by atoms with Crippen LogP contribution in [-0.4, -0.2) is 0 Å². The van der Waals surface area contributed by atoms with Crippen molar-refractivity contribution in [2.45, 2.75) is 0 Å². The van der Waals surface area contributed by atoms with Crippen LogP contribution in [0.5, 0.6) is 0 Å². The highest BCUT2D eigenvalue weighted by Crippen LogP contribution is 2.24. The summed E-state index contributed by atoms with van der Waals surface area (Å²) in [6.45, 7) is 0. The number of fused-ring (bicyclic) bond motifs is 3. The minimum absolute atomic E-state index is 0.531. The van der Waals surface area contributed by atoms with Crippen LogP contribution in [0.1, 0.15) is 0 Å². The van der Waals surface area contributed by atoms with Crippen molar-refractivity contribution in [2.24, 2.45) is 11.8 Å². The van der Waals surface area contributed by atoms with Gasteiger partial charge in [-0.2, -0.15) is 0 Å². The Hall–Kier alpha value is -2.08. The van der Waals surface area contributed by atoms with Gasteiger partial charge in [-0.25, -0.2) is 0 Å². The zero-order chi connectivity index (χ0) is 11.9. The van der Waals surface area contributed by atoms with E-state index >= 15 is 0 Å². The lowest BCUT2D eigenvalue weighted by Gasteiger charge is -2.21. The average molecular weight is 230 g/mol. The van der Waals surface area contributed by atoms with Crippen LogP contribution in [0.25, 0.3) is 22.9 Å². The number of hydrogen-bond acceptors (Lipinski definition) is 0. The van der Waals surface area contributed by atoms with Crippen molar-refractivity contribution < 1.29 is 0 Å². The Kier molecular flexibility index (Phi) is 2.04. The molecule has 2 aliphatic carbocycles. The van der Waals surface area contributed by atoms with Crippen LogP contribution in [0, 0.1) is 11.8 Å². The van der Waals surface area contributed by atoms with Crippen molar-refractivity contribution in [1.29, 1.82) is 0 Å². The van der Waals surface area contributed by atoms with E-state index in [1.807, 2.05) is 0 Å². The minimum atomic E-state index is 0.531. The van der Waals surface area contributed by atoms with Crippen molar-refractivity contribution in [2.75, 3.05) is 0 Å². The second-order valence-electron chi connectivity index (χ2n) is 5.09. The highest BCUT2D eigenvalue weighted by molar-refractivity contribution is 5.83. The Bertz CT molecular complexity index is 722. The van der Waals surface area contributed by atoms with E-state index in [1.165, 1.54) is 21.2 Å². The van der Waals surface area contributed by atoms with Gasteiger partial charge in [0.1, 0.15) is 0 Å². The highest BCUT2D eigenvalue weighted by atomic mass is 14.2. The molecular weight excluding hydrogens is 216 g/mol. The van der Waals surface area contributed by atoms with E-state index in [9.17, 15) is 0 Å². The van der Waals surface area contributed by atoms with Gasteiger partial charge in [0.2, 0.25) is 0 Å². The van der Waals surface area contributed by atoms with E-state index in [0.29, 0.717) is 11.8 Å².